The summed E-state index contributed by atoms with van der Waals surface area (Å²) in [6.45, 7) is -0.270. The molecule has 0 unspecified atom stereocenters. The first-order valence-corrected chi connectivity index (χ1v) is 7.83. The highest BCUT2D eigenvalue weighted by molar-refractivity contribution is 6.35. The molecule has 0 aliphatic heterocycles. The molecule has 0 saturated carbocycles. The van der Waals surface area contributed by atoms with Crippen LogP contribution in [-0.4, -0.2) is 27.7 Å². The zero-order chi connectivity index (χ0) is 17.8. The van der Waals surface area contributed by atoms with E-state index in [0.29, 0.717) is 27.2 Å². The van der Waals surface area contributed by atoms with Gasteiger partial charge in [-0.05, 0) is 42.5 Å². The second-order valence-electron chi connectivity index (χ2n) is 4.94. The van der Waals surface area contributed by atoms with Crippen molar-refractivity contribution >= 4 is 35.1 Å². The number of hydrogen-bond donors (Lipinski definition) is 2. The number of halogens is 3. The van der Waals surface area contributed by atoms with Crippen LogP contribution in [0.5, 0.6) is 5.75 Å². The zero-order valence-corrected chi connectivity index (χ0v) is 14.1. The maximum atomic E-state index is 12.9. The Morgan fingerprint density at radius 3 is 2.64 bits per heavy atom. The summed E-state index contributed by atoms with van der Waals surface area (Å²) in [7, 11) is 0. The first-order chi connectivity index (χ1) is 12.0. The van der Waals surface area contributed by atoms with E-state index >= 15 is 0 Å². The van der Waals surface area contributed by atoms with Gasteiger partial charge in [0.25, 0.3) is 5.91 Å². The molecule has 3 rings (SSSR count). The van der Waals surface area contributed by atoms with Crippen LogP contribution >= 0.6 is 23.2 Å². The van der Waals surface area contributed by atoms with Crippen molar-refractivity contribution in [3.63, 3.8) is 0 Å². The monoisotopic (exact) mass is 380 g/mol. The van der Waals surface area contributed by atoms with Gasteiger partial charge >= 0.3 is 0 Å². The number of aromatic amines is 1. The average molecular weight is 381 g/mol. The van der Waals surface area contributed by atoms with Gasteiger partial charge in [-0.15, -0.1) is 10.2 Å². The summed E-state index contributed by atoms with van der Waals surface area (Å²) in [4.78, 5) is 14.7. The molecule has 0 atom stereocenters. The lowest BCUT2D eigenvalue weighted by Crippen LogP contribution is -2.21. The van der Waals surface area contributed by atoms with Crippen LogP contribution in [0.15, 0.2) is 42.5 Å². The van der Waals surface area contributed by atoms with Crippen LogP contribution in [0.4, 0.5) is 10.3 Å². The molecule has 1 aromatic heterocycles. The lowest BCUT2D eigenvalue weighted by molar-refractivity contribution is -0.118. The molecule has 9 heteroatoms. The van der Waals surface area contributed by atoms with Crippen molar-refractivity contribution in [2.24, 2.45) is 0 Å². The molecule has 128 valence electrons. The Balaban J connectivity index is 1.59. The number of H-pyrrole nitrogens is 1. The maximum Gasteiger partial charge on any atom is 0.264 e. The molecule has 0 aliphatic rings. The number of hydrogen-bond acceptors (Lipinski definition) is 4. The number of ether oxygens (including phenoxy) is 1. The number of aromatic nitrogens is 3. The van der Waals surface area contributed by atoms with E-state index in [1.165, 1.54) is 18.2 Å². The number of benzene rings is 2. The molecule has 0 fully saturated rings. The van der Waals surface area contributed by atoms with Crippen molar-refractivity contribution in [1.82, 2.24) is 15.2 Å². The van der Waals surface area contributed by atoms with Crippen LogP contribution in [-0.2, 0) is 4.79 Å². The Bertz CT molecular complexity index is 899. The summed E-state index contributed by atoms with van der Waals surface area (Å²) < 4.78 is 18.2. The van der Waals surface area contributed by atoms with Crippen LogP contribution in [0.3, 0.4) is 0 Å². The van der Waals surface area contributed by atoms with Crippen LogP contribution in [0.1, 0.15) is 0 Å². The fourth-order valence-electron chi connectivity index (χ4n) is 1.96. The maximum absolute atomic E-state index is 12.9. The van der Waals surface area contributed by atoms with Crippen molar-refractivity contribution in [2.45, 2.75) is 0 Å². The van der Waals surface area contributed by atoms with Gasteiger partial charge in [0.15, 0.2) is 12.4 Å². The predicted octanol–water partition coefficient (Wildman–Crippen LogP) is 3.94. The highest BCUT2D eigenvalue weighted by atomic mass is 35.5. The Kier molecular flexibility index (Phi) is 5.16. The van der Waals surface area contributed by atoms with Gasteiger partial charge < -0.3 is 9.72 Å². The molecule has 0 saturated heterocycles. The molecular formula is C16H11Cl2FN4O2. The fourth-order valence-corrected chi connectivity index (χ4v) is 2.42. The first-order valence-electron chi connectivity index (χ1n) is 7.07. The Labute approximate surface area is 151 Å². The van der Waals surface area contributed by atoms with Gasteiger partial charge in [0.2, 0.25) is 5.95 Å². The van der Waals surface area contributed by atoms with Crippen molar-refractivity contribution in [2.75, 3.05) is 11.9 Å². The molecular weight excluding hydrogens is 370 g/mol. The zero-order valence-electron chi connectivity index (χ0n) is 12.6. The van der Waals surface area contributed by atoms with E-state index < -0.39 is 5.91 Å². The van der Waals surface area contributed by atoms with E-state index in [9.17, 15) is 9.18 Å². The summed E-state index contributed by atoms with van der Waals surface area (Å²) in [6.07, 6.45) is 0. The number of anilines is 1. The highest BCUT2D eigenvalue weighted by Gasteiger charge is 2.10. The van der Waals surface area contributed by atoms with Gasteiger partial charge in [-0.1, -0.05) is 23.2 Å². The Morgan fingerprint density at radius 1 is 1.16 bits per heavy atom. The van der Waals surface area contributed by atoms with Crippen molar-refractivity contribution in [1.29, 1.82) is 0 Å². The average Bonchev–Trinajstić information content (AvgIpc) is 3.03. The topological polar surface area (TPSA) is 79.9 Å². The predicted molar refractivity (Wildman–Crippen MR) is 92.4 cm³/mol. The summed E-state index contributed by atoms with van der Waals surface area (Å²) in [5.74, 6) is 0.0838. The van der Waals surface area contributed by atoms with Crippen LogP contribution in [0.25, 0.3) is 11.4 Å². The number of rotatable bonds is 5. The molecule has 0 bridgehead atoms. The van der Waals surface area contributed by atoms with E-state index in [1.807, 2.05) is 0 Å². The van der Waals surface area contributed by atoms with Gasteiger partial charge in [0.05, 0.1) is 5.02 Å². The molecule has 0 radical (unpaired) electrons. The van der Waals surface area contributed by atoms with Crippen LogP contribution in [0, 0.1) is 5.82 Å². The third-order valence-corrected chi connectivity index (χ3v) is 3.65. The quantitative estimate of drug-likeness (QED) is 0.702. The first kappa shape index (κ1) is 17.2. The minimum absolute atomic E-state index is 0.148. The van der Waals surface area contributed by atoms with Gasteiger partial charge in [-0.2, -0.15) is 0 Å². The van der Waals surface area contributed by atoms with Gasteiger partial charge in [0.1, 0.15) is 11.6 Å². The molecule has 1 heterocycles. The highest BCUT2D eigenvalue weighted by Crippen LogP contribution is 2.27. The lowest BCUT2D eigenvalue weighted by Gasteiger charge is -2.07. The summed E-state index contributed by atoms with van der Waals surface area (Å²) >= 11 is 11.7. The van der Waals surface area contributed by atoms with Gasteiger partial charge in [0, 0.05) is 10.6 Å². The van der Waals surface area contributed by atoms with E-state index in [-0.39, 0.29) is 18.4 Å². The molecule has 2 N–H and O–H groups in total. The SMILES string of the molecule is O=C(COc1ccc(Cl)cc1Cl)Nc1nnc(-c2ccc(F)cc2)[nH]1. The van der Waals surface area contributed by atoms with Crippen LogP contribution < -0.4 is 10.1 Å². The molecule has 3 aromatic rings. The second kappa shape index (κ2) is 7.50. The molecule has 6 nitrogen and oxygen atoms in total. The standard InChI is InChI=1S/C16H11Cl2FN4O2/c17-10-3-6-13(12(18)7-10)25-8-14(24)20-16-21-15(22-23-16)9-1-4-11(19)5-2-9/h1-7H,8H2,(H2,20,21,22,23,24). The summed E-state index contributed by atoms with van der Waals surface area (Å²) in [5.41, 5.74) is 0.638. The minimum Gasteiger partial charge on any atom is -0.482 e. The number of carbonyl (C=O) groups is 1. The van der Waals surface area contributed by atoms with E-state index in [1.54, 1.807) is 24.3 Å². The second-order valence-corrected chi connectivity index (χ2v) is 5.78. The molecule has 1 amide bonds. The Morgan fingerprint density at radius 2 is 1.92 bits per heavy atom. The molecule has 0 aliphatic carbocycles. The number of nitrogens with zero attached hydrogens (tertiary/aromatic N) is 2. The largest absolute Gasteiger partial charge is 0.482 e. The van der Waals surface area contributed by atoms with Gasteiger partial charge in [-0.25, -0.2) is 4.39 Å². The number of carbonyl (C=O) groups excluding carboxylic acids is 1. The van der Waals surface area contributed by atoms with Crippen molar-refractivity contribution < 1.29 is 13.9 Å². The third-order valence-electron chi connectivity index (χ3n) is 3.11. The molecule has 2 aromatic carbocycles. The molecule has 0 spiro atoms. The summed E-state index contributed by atoms with van der Waals surface area (Å²) in [5, 5.41) is 11.0. The Hall–Kier alpha value is -2.64. The van der Waals surface area contributed by atoms with Crippen LogP contribution in [0.2, 0.25) is 10.0 Å². The van der Waals surface area contributed by atoms with Crippen molar-refractivity contribution in [3.8, 4) is 17.1 Å². The number of nitrogens with one attached hydrogen (secondary N) is 2. The van der Waals surface area contributed by atoms with Gasteiger partial charge in [-0.3, -0.25) is 10.1 Å². The smallest absolute Gasteiger partial charge is 0.264 e. The van der Waals surface area contributed by atoms with Crippen molar-refractivity contribution in [3.05, 3.63) is 58.3 Å². The third kappa shape index (κ3) is 4.46. The normalized spacial score (nSPS) is 10.5. The van der Waals surface area contributed by atoms with E-state index in [0.717, 1.165) is 0 Å². The minimum atomic E-state index is -0.451. The fraction of sp³-hybridized carbons (Fsp3) is 0.0625. The molecule has 25 heavy (non-hydrogen) atoms. The lowest BCUT2D eigenvalue weighted by atomic mass is 10.2. The van der Waals surface area contributed by atoms with E-state index in [2.05, 4.69) is 20.5 Å². The number of amides is 1. The van der Waals surface area contributed by atoms with E-state index in [4.69, 9.17) is 27.9 Å². The summed E-state index contributed by atoms with van der Waals surface area (Å²) in [6, 6.07) is 10.4.